The molecule has 124 valence electrons. The average molecular weight is 304 g/mol. The van der Waals surface area contributed by atoms with Gasteiger partial charge < -0.3 is 10.1 Å². The normalized spacial score (nSPS) is 57.4. The Balaban J connectivity index is 1.43. The molecule has 7 fully saturated rings. The van der Waals surface area contributed by atoms with Crippen molar-refractivity contribution >= 4 is 0 Å². The van der Waals surface area contributed by atoms with Gasteiger partial charge in [0.15, 0.2) is 0 Å². The predicted octanol–water partition coefficient (Wildman–Crippen LogP) is 2.65. The van der Waals surface area contributed by atoms with E-state index in [1.165, 1.54) is 64.6 Å². The van der Waals surface area contributed by atoms with E-state index in [9.17, 15) is 0 Å². The quantitative estimate of drug-likeness (QED) is 0.806. The summed E-state index contributed by atoms with van der Waals surface area (Å²) in [7, 11) is 0. The summed E-state index contributed by atoms with van der Waals surface area (Å²) in [5, 5.41) is 3.83. The Labute approximate surface area is 135 Å². The Kier molecular flexibility index (Phi) is 3.53. The van der Waals surface area contributed by atoms with E-state index in [0.29, 0.717) is 12.2 Å². The van der Waals surface area contributed by atoms with E-state index in [4.69, 9.17) is 4.74 Å². The minimum absolute atomic E-state index is 0.488. The number of nitrogens with one attached hydrogen (secondary N) is 1. The first-order chi connectivity index (χ1) is 10.8. The Morgan fingerprint density at radius 3 is 2.77 bits per heavy atom. The van der Waals surface area contributed by atoms with E-state index >= 15 is 0 Å². The lowest BCUT2D eigenvalue weighted by molar-refractivity contribution is -0.0847. The van der Waals surface area contributed by atoms with Crippen LogP contribution in [0.1, 0.15) is 51.9 Å². The summed E-state index contributed by atoms with van der Waals surface area (Å²) < 4.78 is 6.80. The molecule has 0 radical (unpaired) electrons. The maximum atomic E-state index is 6.80. The van der Waals surface area contributed by atoms with Crippen LogP contribution in [-0.4, -0.2) is 48.8 Å². The molecule has 7 rings (SSSR count). The first-order valence-corrected chi connectivity index (χ1v) is 9.94. The number of piperidine rings is 4. The van der Waals surface area contributed by atoms with Gasteiger partial charge in [0.2, 0.25) is 0 Å². The summed E-state index contributed by atoms with van der Waals surface area (Å²) in [5.74, 6) is 3.48. The number of hydrogen-bond acceptors (Lipinski definition) is 3. The summed E-state index contributed by atoms with van der Waals surface area (Å²) in [4.78, 5) is 2.82. The Morgan fingerprint density at radius 2 is 1.91 bits per heavy atom. The van der Waals surface area contributed by atoms with Crippen molar-refractivity contribution in [3.8, 4) is 0 Å². The van der Waals surface area contributed by atoms with Crippen molar-refractivity contribution in [3.63, 3.8) is 0 Å². The van der Waals surface area contributed by atoms with E-state index < -0.39 is 0 Å². The minimum Gasteiger partial charge on any atom is -0.373 e. The third-order valence-corrected chi connectivity index (χ3v) is 7.88. The molecule has 1 aliphatic carbocycles. The van der Waals surface area contributed by atoms with Gasteiger partial charge in [-0.2, -0.15) is 0 Å². The second-order valence-electron chi connectivity index (χ2n) is 8.78. The fourth-order valence-corrected chi connectivity index (χ4v) is 6.79. The third kappa shape index (κ3) is 2.12. The number of hydrogen-bond donors (Lipinski definition) is 1. The van der Waals surface area contributed by atoms with Crippen LogP contribution < -0.4 is 5.32 Å². The van der Waals surface area contributed by atoms with E-state index in [2.05, 4.69) is 17.1 Å². The van der Waals surface area contributed by atoms with Crippen molar-refractivity contribution in [2.75, 3.05) is 19.6 Å². The number of ether oxygens (including phenoxy) is 1. The van der Waals surface area contributed by atoms with Crippen molar-refractivity contribution in [2.24, 2.45) is 23.7 Å². The van der Waals surface area contributed by atoms with Crippen LogP contribution in [-0.2, 0) is 4.74 Å². The van der Waals surface area contributed by atoms with Crippen LogP contribution in [0.3, 0.4) is 0 Å². The second-order valence-corrected chi connectivity index (χ2v) is 8.78. The van der Waals surface area contributed by atoms with Crippen molar-refractivity contribution in [3.05, 3.63) is 0 Å². The molecule has 22 heavy (non-hydrogen) atoms. The predicted molar refractivity (Wildman–Crippen MR) is 87.8 cm³/mol. The van der Waals surface area contributed by atoms with Gasteiger partial charge in [-0.1, -0.05) is 12.8 Å². The monoisotopic (exact) mass is 304 g/mol. The zero-order valence-electron chi connectivity index (χ0n) is 14.0. The lowest BCUT2D eigenvalue weighted by Crippen LogP contribution is -2.59. The zero-order valence-corrected chi connectivity index (χ0v) is 14.0. The van der Waals surface area contributed by atoms with E-state index in [1.807, 2.05) is 0 Å². The summed E-state index contributed by atoms with van der Waals surface area (Å²) in [5.41, 5.74) is 0. The van der Waals surface area contributed by atoms with Crippen LogP contribution in [0, 0.1) is 23.7 Å². The van der Waals surface area contributed by atoms with Crippen LogP contribution >= 0.6 is 0 Å². The lowest BCUT2D eigenvalue weighted by Gasteiger charge is -2.51. The number of nitrogens with zero attached hydrogens (tertiary/aromatic N) is 1. The van der Waals surface area contributed by atoms with Crippen LogP contribution in [0.25, 0.3) is 0 Å². The van der Waals surface area contributed by atoms with Crippen molar-refractivity contribution < 1.29 is 4.74 Å². The molecule has 0 aromatic carbocycles. The Hall–Kier alpha value is -0.120. The number of rotatable bonds is 1. The largest absolute Gasteiger partial charge is 0.373 e. The van der Waals surface area contributed by atoms with Gasteiger partial charge in [0.25, 0.3) is 0 Å². The molecule has 6 aliphatic heterocycles. The highest BCUT2D eigenvalue weighted by Crippen LogP contribution is 2.48. The topological polar surface area (TPSA) is 24.5 Å². The van der Waals surface area contributed by atoms with Gasteiger partial charge in [0, 0.05) is 24.5 Å². The zero-order chi connectivity index (χ0) is 14.7. The van der Waals surface area contributed by atoms with Gasteiger partial charge in [-0.15, -0.1) is 0 Å². The maximum Gasteiger partial charge on any atom is 0.0765 e. The summed E-state index contributed by atoms with van der Waals surface area (Å²) in [6.07, 6.45) is 10.9. The molecule has 6 heterocycles. The maximum absolute atomic E-state index is 6.80. The van der Waals surface area contributed by atoms with Crippen molar-refractivity contribution in [1.29, 1.82) is 0 Å². The fraction of sp³-hybridized carbons (Fsp3) is 1.00. The molecule has 4 bridgehead atoms. The molecular weight excluding hydrogens is 272 g/mol. The van der Waals surface area contributed by atoms with Gasteiger partial charge in [0.05, 0.1) is 12.2 Å². The molecule has 1 N–H and O–H groups in total. The molecule has 3 heteroatoms. The first-order valence-electron chi connectivity index (χ1n) is 9.94. The summed E-state index contributed by atoms with van der Waals surface area (Å²) in [6.45, 7) is 6.27. The molecule has 6 saturated heterocycles. The highest BCUT2D eigenvalue weighted by molar-refractivity contribution is 5.05. The van der Waals surface area contributed by atoms with Gasteiger partial charge in [0.1, 0.15) is 0 Å². The van der Waals surface area contributed by atoms with Crippen LogP contribution in [0.5, 0.6) is 0 Å². The number of fused-ring (bicyclic) bond motifs is 4. The van der Waals surface area contributed by atoms with Crippen molar-refractivity contribution in [2.45, 2.75) is 76.2 Å². The van der Waals surface area contributed by atoms with Gasteiger partial charge in [-0.3, -0.25) is 4.90 Å². The average Bonchev–Trinajstić information content (AvgIpc) is 2.78. The van der Waals surface area contributed by atoms with Gasteiger partial charge in [-0.25, -0.2) is 0 Å². The molecule has 9 atom stereocenters. The highest BCUT2D eigenvalue weighted by Gasteiger charge is 2.53. The molecule has 0 amide bonds. The van der Waals surface area contributed by atoms with Gasteiger partial charge >= 0.3 is 0 Å². The summed E-state index contributed by atoms with van der Waals surface area (Å²) >= 11 is 0. The third-order valence-electron chi connectivity index (χ3n) is 7.88. The summed E-state index contributed by atoms with van der Waals surface area (Å²) in [6, 6.07) is 1.53. The highest BCUT2D eigenvalue weighted by atomic mass is 16.5. The van der Waals surface area contributed by atoms with Crippen LogP contribution in [0.2, 0.25) is 0 Å². The standard InChI is InChI=1S/C19H32N2O/c1-12-16-11-21-9-7-13(16)10-18(21)19(22-12)15-6-8-20-17-5-3-2-4-14(15)17/h12-20H,2-11H2,1H3/t12?,13-,14?,15?,16+,17?,18+,19-/m0/s1. The fourth-order valence-electron chi connectivity index (χ4n) is 6.79. The lowest BCUT2D eigenvalue weighted by atomic mass is 9.67. The molecule has 0 spiro atoms. The van der Waals surface area contributed by atoms with E-state index in [0.717, 1.165) is 35.8 Å². The van der Waals surface area contributed by atoms with Crippen LogP contribution in [0.4, 0.5) is 0 Å². The molecule has 0 aromatic rings. The smallest absolute Gasteiger partial charge is 0.0765 e. The minimum atomic E-state index is 0.488. The molecule has 0 aromatic heterocycles. The van der Waals surface area contributed by atoms with E-state index in [-0.39, 0.29) is 0 Å². The van der Waals surface area contributed by atoms with Gasteiger partial charge in [-0.05, 0) is 69.9 Å². The molecule has 7 aliphatic rings. The second kappa shape index (κ2) is 5.46. The first kappa shape index (κ1) is 14.2. The molecule has 5 unspecified atom stereocenters. The van der Waals surface area contributed by atoms with E-state index in [1.54, 1.807) is 0 Å². The Bertz CT molecular complexity index is 426. The molecular formula is C19H32N2O. The van der Waals surface area contributed by atoms with Crippen LogP contribution in [0.15, 0.2) is 0 Å². The Morgan fingerprint density at radius 1 is 1.00 bits per heavy atom. The SMILES string of the molecule is CC1O[C@@H](C2CCNC3CCCCC32)[C@H]2C[C@@H]3CCN2C[C@H]13. The van der Waals surface area contributed by atoms with Crippen molar-refractivity contribution in [1.82, 2.24) is 10.2 Å². The molecule has 3 nitrogen and oxygen atoms in total. The molecule has 1 saturated carbocycles.